The van der Waals surface area contributed by atoms with Crippen molar-refractivity contribution >= 4 is 22.4 Å². The van der Waals surface area contributed by atoms with Crippen LogP contribution in [0.4, 0.5) is 0 Å². The van der Waals surface area contributed by atoms with E-state index in [2.05, 4.69) is 23.9 Å². The molecule has 0 fully saturated rings. The van der Waals surface area contributed by atoms with Gasteiger partial charge in [-0.2, -0.15) is 9.50 Å². The van der Waals surface area contributed by atoms with Crippen LogP contribution in [0.15, 0.2) is 45.8 Å². The van der Waals surface area contributed by atoms with E-state index in [-0.39, 0.29) is 5.56 Å². The fourth-order valence-electron chi connectivity index (χ4n) is 2.64. The molecule has 0 radical (unpaired) electrons. The normalized spacial score (nSPS) is 12.2. The maximum atomic E-state index is 12.7. The van der Waals surface area contributed by atoms with Gasteiger partial charge >= 0.3 is 0 Å². The lowest BCUT2D eigenvalue weighted by Crippen LogP contribution is -2.23. The third kappa shape index (κ3) is 3.50. The minimum Gasteiger partial charge on any atom is -0.493 e. The van der Waals surface area contributed by atoms with E-state index in [9.17, 15) is 4.79 Å². The first-order valence-electron chi connectivity index (χ1n) is 8.81. The van der Waals surface area contributed by atoms with Crippen LogP contribution in [0.3, 0.4) is 0 Å². The van der Waals surface area contributed by atoms with Crippen molar-refractivity contribution in [1.82, 2.24) is 14.6 Å². The Morgan fingerprint density at radius 1 is 1.29 bits per heavy atom. The van der Waals surface area contributed by atoms with Crippen LogP contribution in [0.5, 0.6) is 11.5 Å². The van der Waals surface area contributed by atoms with Crippen molar-refractivity contribution in [2.24, 2.45) is 5.92 Å². The molecule has 1 aromatic carbocycles. The Morgan fingerprint density at radius 2 is 2.14 bits per heavy atom. The van der Waals surface area contributed by atoms with Gasteiger partial charge in [-0.15, -0.1) is 5.10 Å². The number of ether oxygens (including phenoxy) is 2. The van der Waals surface area contributed by atoms with E-state index < -0.39 is 0 Å². The zero-order valence-corrected chi connectivity index (χ0v) is 16.5. The second-order valence-corrected chi connectivity index (χ2v) is 7.65. The van der Waals surface area contributed by atoms with Crippen molar-refractivity contribution < 1.29 is 13.9 Å². The van der Waals surface area contributed by atoms with E-state index in [4.69, 9.17) is 13.9 Å². The van der Waals surface area contributed by atoms with Crippen molar-refractivity contribution in [3.8, 4) is 23.1 Å². The number of rotatable bonds is 6. The van der Waals surface area contributed by atoms with E-state index in [1.165, 1.54) is 15.9 Å². The van der Waals surface area contributed by atoms with Crippen molar-refractivity contribution in [2.45, 2.75) is 13.8 Å². The van der Waals surface area contributed by atoms with Crippen LogP contribution in [-0.2, 0) is 0 Å². The van der Waals surface area contributed by atoms with E-state index >= 15 is 0 Å². The minimum absolute atomic E-state index is 0.218. The van der Waals surface area contributed by atoms with Crippen LogP contribution >= 0.6 is 11.3 Å². The average Bonchev–Trinajstić information content (AvgIpc) is 3.39. The smallest absolute Gasteiger partial charge is 0.291 e. The third-order valence-electron chi connectivity index (χ3n) is 3.98. The maximum Gasteiger partial charge on any atom is 0.291 e. The summed E-state index contributed by atoms with van der Waals surface area (Å²) in [5.41, 5.74) is 0.617. The Bertz CT molecular complexity index is 1210. The molecule has 4 rings (SSSR count). The standard InChI is InChI=1S/C20H19N3O4S/c1-12(2)11-27-14-7-6-13(9-16(14)25-3)10-17-19(24)23-20(28-17)21-18(22-23)15-5-4-8-26-15/h4-10,12H,11H2,1-3H3/b17-10-. The Labute approximate surface area is 164 Å². The molecular formula is C20H19N3O4S. The number of thiazole rings is 1. The van der Waals surface area contributed by atoms with Gasteiger partial charge in [0.2, 0.25) is 10.8 Å². The second-order valence-electron chi connectivity index (χ2n) is 6.64. The summed E-state index contributed by atoms with van der Waals surface area (Å²) >= 11 is 1.28. The summed E-state index contributed by atoms with van der Waals surface area (Å²) < 4.78 is 18.3. The molecule has 0 N–H and O–H groups in total. The number of furan rings is 1. The van der Waals surface area contributed by atoms with Crippen molar-refractivity contribution in [3.05, 3.63) is 57.0 Å². The lowest BCUT2D eigenvalue weighted by molar-refractivity contribution is 0.257. The van der Waals surface area contributed by atoms with Crippen LogP contribution in [0.2, 0.25) is 0 Å². The number of fused-ring (bicyclic) bond motifs is 1. The molecule has 3 heterocycles. The summed E-state index contributed by atoms with van der Waals surface area (Å²) in [7, 11) is 1.60. The SMILES string of the molecule is COc1cc(/C=c2\sc3nc(-c4ccco4)nn3c2=O)ccc1OCC(C)C. The van der Waals surface area contributed by atoms with Crippen molar-refractivity contribution in [1.29, 1.82) is 0 Å². The highest BCUT2D eigenvalue weighted by Crippen LogP contribution is 2.28. The van der Waals surface area contributed by atoms with E-state index in [1.54, 1.807) is 31.6 Å². The Morgan fingerprint density at radius 3 is 2.82 bits per heavy atom. The van der Waals surface area contributed by atoms with Gasteiger partial charge in [-0.25, -0.2) is 0 Å². The molecule has 0 bridgehead atoms. The molecule has 0 aliphatic rings. The van der Waals surface area contributed by atoms with E-state index in [1.807, 2.05) is 18.2 Å². The maximum absolute atomic E-state index is 12.7. The number of aromatic nitrogens is 3. The first kappa shape index (κ1) is 18.2. The Balaban J connectivity index is 1.68. The van der Waals surface area contributed by atoms with Crippen LogP contribution in [0.25, 0.3) is 22.6 Å². The van der Waals surface area contributed by atoms with Gasteiger partial charge in [0.05, 0.1) is 24.5 Å². The van der Waals surface area contributed by atoms with Crippen molar-refractivity contribution in [2.75, 3.05) is 13.7 Å². The number of methoxy groups -OCH3 is 1. The molecule has 0 spiro atoms. The number of nitrogens with zero attached hydrogens (tertiary/aromatic N) is 3. The van der Waals surface area contributed by atoms with Gasteiger partial charge in [0, 0.05) is 0 Å². The molecule has 0 unspecified atom stereocenters. The second kappa shape index (κ2) is 7.47. The Kier molecular flexibility index (Phi) is 4.87. The van der Waals surface area contributed by atoms with Crippen molar-refractivity contribution in [3.63, 3.8) is 0 Å². The highest BCUT2D eigenvalue weighted by atomic mass is 32.1. The molecule has 0 aliphatic heterocycles. The van der Waals surface area contributed by atoms with Crippen LogP contribution in [0, 0.1) is 5.92 Å². The van der Waals surface area contributed by atoms with Gasteiger partial charge in [-0.3, -0.25) is 4.79 Å². The van der Waals surface area contributed by atoms with Gasteiger partial charge < -0.3 is 13.9 Å². The summed E-state index contributed by atoms with van der Waals surface area (Å²) in [6.07, 6.45) is 3.34. The predicted molar refractivity (Wildman–Crippen MR) is 107 cm³/mol. The lowest BCUT2D eigenvalue weighted by atomic mass is 10.2. The molecule has 0 saturated carbocycles. The highest BCUT2D eigenvalue weighted by molar-refractivity contribution is 7.15. The molecule has 28 heavy (non-hydrogen) atoms. The molecule has 3 aromatic heterocycles. The number of hydrogen-bond acceptors (Lipinski definition) is 7. The molecule has 0 amide bonds. The molecule has 8 heteroatoms. The predicted octanol–water partition coefficient (Wildman–Crippen LogP) is 3.00. The topological polar surface area (TPSA) is 78.9 Å². The fraction of sp³-hybridized carbons (Fsp3) is 0.250. The van der Waals surface area contributed by atoms with E-state index in [0.29, 0.717) is 45.1 Å². The summed E-state index contributed by atoms with van der Waals surface area (Å²) in [4.78, 5) is 17.6. The van der Waals surface area contributed by atoms with Gasteiger partial charge in [-0.1, -0.05) is 31.3 Å². The van der Waals surface area contributed by atoms with Crippen LogP contribution in [0.1, 0.15) is 19.4 Å². The van der Waals surface area contributed by atoms with E-state index in [0.717, 1.165) is 5.56 Å². The zero-order valence-electron chi connectivity index (χ0n) is 15.7. The summed E-state index contributed by atoms with van der Waals surface area (Å²) in [6.45, 7) is 4.78. The molecule has 0 aliphatic carbocycles. The lowest BCUT2D eigenvalue weighted by Gasteiger charge is -2.12. The zero-order chi connectivity index (χ0) is 19.7. The molecule has 7 nitrogen and oxygen atoms in total. The monoisotopic (exact) mass is 397 g/mol. The van der Waals surface area contributed by atoms with Crippen LogP contribution < -0.4 is 19.6 Å². The fourth-order valence-corrected chi connectivity index (χ4v) is 3.55. The van der Waals surface area contributed by atoms with Crippen LogP contribution in [-0.4, -0.2) is 28.3 Å². The number of hydrogen-bond donors (Lipinski definition) is 0. The first-order valence-corrected chi connectivity index (χ1v) is 9.63. The minimum atomic E-state index is -0.218. The highest BCUT2D eigenvalue weighted by Gasteiger charge is 2.14. The summed E-state index contributed by atoms with van der Waals surface area (Å²) in [5, 5.41) is 4.25. The quantitative estimate of drug-likeness (QED) is 0.498. The van der Waals surface area contributed by atoms with Gasteiger partial charge in [0.15, 0.2) is 17.3 Å². The molecule has 4 aromatic rings. The molecule has 144 valence electrons. The van der Waals surface area contributed by atoms with Gasteiger partial charge in [-0.05, 0) is 41.8 Å². The third-order valence-corrected chi connectivity index (χ3v) is 4.94. The number of benzene rings is 1. The summed E-state index contributed by atoms with van der Waals surface area (Å²) in [5.74, 6) is 2.65. The largest absolute Gasteiger partial charge is 0.493 e. The van der Waals surface area contributed by atoms with Gasteiger partial charge in [0.1, 0.15) is 0 Å². The molecular weight excluding hydrogens is 378 g/mol. The first-order chi connectivity index (χ1) is 13.5. The summed E-state index contributed by atoms with van der Waals surface area (Å²) in [6, 6.07) is 9.10. The molecule has 0 atom stereocenters. The Hall–Kier alpha value is -3.13. The average molecular weight is 397 g/mol. The van der Waals surface area contributed by atoms with Gasteiger partial charge in [0.25, 0.3) is 5.56 Å². The molecule has 0 saturated heterocycles.